The zero-order valence-electron chi connectivity index (χ0n) is 21.7. The van der Waals surface area contributed by atoms with Crippen molar-refractivity contribution in [2.24, 2.45) is 0 Å². The summed E-state index contributed by atoms with van der Waals surface area (Å²) >= 11 is 11.9. The summed E-state index contributed by atoms with van der Waals surface area (Å²) in [6.45, 7) is 4.58. The van der Waals surface area contributed by atoms with Gasteiger partial charge in [0.05, 0.1) is 17.7 Å². The van der Waals surface area contributed by atoms with Crippen LogP contribution >= 0.6 is 23.2 Å². The van der Waals surface area contributed by atoms with Gasteiger partial charge in [0.1, 0.15) is 4.90 Å². The fourth-order valence-electron chi connectivity index (χ4n) is 3.50. The number of sulfonamides is 1. The van der Waals surface area contributed by atoms with Crippen LogP contribution in [0.5, 0.6) is 0 Å². The molecule has 10 nitrogen and oxygen atoms in total. The Morgan fingerprint density at radius 2 is 1.74 bits per heavy atom. The zero-order chi connectivity index (χ0) is 28.1. The van der Waals surface area contributed by atoms with Gasteiger partial charge in [0.2, 0.25) is 10.0 Å². The number of nitrogens with zero attached hydrogens (tertiary/aromatic N) is 1. The summed E-state index contributed by atoms with van der Waals surface area (Å²) in [5.41, 5.74) is 0.637. The number of methoxy groups -OCH3 is 1. The number of hydrogen-bond donors (Lipinski definition) is 4. The van der Waals surface area contributed by atoms with Crippen LogP contribution in [0.4, 0.5) is 15.3 Å². The first kappa shape index (κ1) is 31.6. The quantitative estimate of drug-likeness (QED) is 0.245. The van der Waals surface area contributed by atoms with Gasteiger partial charge in [-0.3, -0.25) is 0 Å². The molecule has 0 unspecified atom stereocenters. The number of rotatable bonds is 14. The minimum absolute atomic E-state index is 0.0366. The maximum absolute atomic E-state index is 12.9. The van der Waals surface area contributed by atoms with E-state index in [-0.39, 0.29) is 41.7 Å². The molecule has 0 aliphatic heterocycles. The van der Waals surface area contributed by atoms with Crippen LogP contribution in [-0.2, 0) is 14.8 Å². The molecule has 0 saturated heterocycles. The highest BCUT2D eigenvalue weighted by Gasteiger charge is 2.22. The normalized spacial score (nSPS) is 12.2. The molecule has 13 heteroatoms. The van der Waals surface area contributed by atoms with Gasteiger partial charge in [-0.25, -0.2) is 22.7 Å². The molecule has 0 heterocycles. The number of amides is 4. The Kier molecular flexibility index (Phi) is 13.1. The number of urea groups is 2. The first-order valence-electron chi connectivity index (χ1n) is 12.1. The monoisotopic (exact) mass is 587 g/mol. The summed E-state index contributed by atoms with van der Waals surface area (Å²) in [7, 11) is -2.30. The van der Waals surface area contributed by atoms with Gasteiger partial charge in [-0.15, -0.1) is 0 Å². The largest absolute Gasteiger partial charge is 0.382 e. The van der Waals surface area contributed by atoms with Crippen molar-refractivity contribution < 1.29 is 22.7 Å². The average molecular weight is 589 g/mol. The third-order valence-corrected chi connectivity index (χ3v) is 7.38. The van der Waals surface area contributed by atoms with Crippen molar-refractivity contribution in [2.45, 2.75) is 43.7 Å². The topological polar surface area (TPSA) is 129 Å². The number of unbranched alkanes of at least 4 members (excludes halogenated alkanes) is 1. The molecule has 0 aromatic heterocycles. The van der Waals surface area contributed by atoms with E-state index >= 15 is 0 Å². The number of ether oxygens (including phenoxy) is 1. The maximum Gasteiger partial charge on any atom is 0.319 e. The first-order chi connectivity index (χ1) is 18.0. The number of carbonyl (C=O) groups is 2. The van der Waals surface area contributed by atoms with E-state index in [2.05, 4.69) is 20.7 Å². The van der Waals surface area contributed by atoms with Crippen LogP contribution < -0.4 is 20.7 Å². The van der Waals surface area contributed by atoms with Crippen LogP contribution in [0, 0.1) is 0 Å². The van der Waals surface area contributed by atoms with Crippen LogP contribution in [0.1, 0.15) is 26.7 Å². The Bertz CT molecular complexity index is 1150. The minimum Gasteiger partial charge on any atom is -0.382 e. The Balaban J connectivity index is 1.95. The van der Waals surface area contributed by atoms with E-state index in [1.165, 1.54) is 25.3 Å². The van der Waals surface area contributed by atoms with E-state index in [1.54, 1.807) is 17.0 Å². The molecule has 2 rings (SSSR count). The summed E-state index contributed by atoms with van der Waals surface area (Å²) in [4.78, 5) is 26.9. The standard InChI is InChI=1S/C25H35Cl2N5O5S/c1-18(2)29-25(34)32(16-21(17-37-3)31-24(33)30-20-9-5-4-6-10-20)14-8-7-13-28-38(35,36)23-12-11-19(26)15-22(23)27/h4-6,9-12,15,18,21,28H,7-8,13-14,16-17H2,1-3H3,(H,29,34)(H2,30,31,33)/t21-/m1/s1. The second-order valence-electron chi connectivity index (χ2n) is 8.85. The van der Waals surface area contributed by atoms with Gasteiger partial charge in [0, 0.05) is 43.5 Å². The van der Waals surface area contributed by atoms with E-state index in [0.717, 1.165) is 0 Å². The Hall–Kier alpha value is -2.57. The van der Waals surface area contributed by atoms with Crippen molar-refractivity contribution in [3.8, 4) is 0 Å². The summed E-state index contributed by atoms with van der Waals surface area (Å²) < 4.78 is 32.9. The highest BCUT2D eigenvalue weighted by Crippen LogP contribution is 2.24. The van der Waals surface area contributed by atoms with E-state index in [9.17, 15) is 18.0 Å². The Labute approximate surface area is 234 Å². The molecule has 1 atom stereocenters. The first-order valence-corrected chi connectivity index (χ1v) is 14.4. The fraction of sp³-hybridized carbons (Fsp3) is 0.440. The van der Waals surface area contributed by atoms with Crippen LogP contribution in [-0.4, -0.2) is 70.8 Å². The van der Waals surface area contributed by atoms with Crippen LogP contribution in [0.3, 0.4) is 0 Å². The van der Waals surface area contributed by atoms with E-state index in [4.69, 9.17) is 27.9 Å². The number of carbonyl (C=O) groups excluding carboxylic acids is 2. The fourth-order valence-corrected chi connectivity index (χ4v) is 5.34. The minimum atomic E-state index is -3.81. The lowest BCUT2D eigenvalue weighted by atomic mass is 10.2. The molecule has 0 bridgehead atoms. The molecule has 4 amide bonds. The number of para-hydroxylation sites is 1. The van der Waals surface area contributed by atoms with Crippen LogP contribution in [0.2, 0.25) is 10.0 Å². The van der Waals surface area contributed by atoms with Crippen molar-refractivity contribution in [3.05, 3.63) is 58.6 Å². The molecule has 0 aliphatic carbocycles. The van der Waals surface area contributed by atoms with Crippen molar-refractivity contribution in [3.63, 3.8) is 0 Å². The number of benzene rings is 2. The van der Waals surface area contributed by atoms with Gasteiger partial charge in [0.15, 0.2) is 0 Å². The molecule has 0 aliphatic rings. The van der Waals surface area contributed by atoms with E-state index < -0.39 is 22.1 Å². The lowest BCUT2D eigenvalue weighted by Crippen LogP contribution is -2.52. The van der Waals surface area contributed by atoms with Crippen molar-refractivity contribution in [1.82, 2.24) is 20.3 Å². The summed E-state index contributed by atoms with van der Waals surface area (Å²) in [5.74, 6) is 0. The predicted molar refractivity (Wildman–Crippen MR) is 150 cm³/mol. The van der Waals surface area contributed by atoms with Gasteiger partial charge in [-0.05, 0) is 57.0 Å². The zero-order valence-corrected chi connectivity index (χ0v) is 24.0. The molecule has 0 radical (unpaired) electrons. The molecular weight excluding hydrogens is 553 g/mol. The molecule has 38 heavy (non-hydrogen) atoms. The average Bonchev–Trinajstić information content (AvgIpc) is 2.83. The Morgan fingerprint density at radius 3 is 2.37 bits per heavy atom. The lowest BCUT2D eigenvalue weighted by Gasteiger charge is -2.29. The van der Waals surface area contributed by atoms with Gasteiger partial charge in [-0.2, -0.15) is 0 Å². The molecule has 0 fully saturated rings. The number of anilines is 1. The Morgan fingerprint density at radius 1 is 1.03 bits per heavy atom. The smallest absolute Gasteiger partial charge is 0.319 e. The maximum atomic E-state index is 12.9. The third kappa shape index (κ3) is 11.0. The second-order valence-corrected chi connectivity index (χ2v) is 11.4. The number of halogens is 2. The molecule has 2 aromatic rings. The number of hydrogen-bond acceptors (Lipinski definition) is 5. The predicted octanol–water partition coefficient (Wildman–Crippen LogP) is 4.31. The highest BCUT2D eigenvalue weighted by molar-refractivity contribution is 7.89. The van der Waals surface area contributed by atoms with Crippen LogP contribution in [0.15, 0.2) is 53.4 Å². The molecule has 210 valence electrons. The summed E-state index contributed by atoms with van der Waals surface area (Å²) in [5, 5.41) is 8.84. The van der Waals surface area contributed by atoms with Crippen molar-refractivity contribution >= 4 is 51.0 Å². The lowest BCUT2D eigenvalue weighted by molar-refractivity contribution is 0.141. The van der Waals surface area contributed by atoms with Gasteiger partial charge >= 0.3 is 12.1 Å². The molecule has 0 spiro atoms. The van der Waals surface area contributed by atoms with Crippen molar-refractivity contribution in [2.75, 3.05) is 38.7 Å². The highest BCUT2D eigenvalue weighted by atomic mass is 35.5. The van der Waals surface area contributed by atoms with Crippen molar-refractivity contribution in [1.29, 1.82) is 0 Å². The summed E-state index contributed by atoms with van der Waals surface area (Å²) in [6.07, 6.45) is 0.977. The summed E-state index contributed by atoms with van der Waals surface area (Å²) in [6, 6.07) is 11.9. The molecule has 4 N–H and O–H groups in total. The number of nitrogens with one attached hydrogen (secondary N) is 4. The van der Waals surface area contributed by atoms with E-state index in [1.807, 2.05) is 32.0 Å². The van der Waals surface area contributed by atoms with Gasteiger partial charge in [-0.1, -0.05) is 41.4 Å². The van der Waals surface area contributed by atoms with E-state index in [0.29, 0.717) is 30.1 Å². The SMILES string of the molecule is COC[C@@H](CN(CCCCNS(=O)(=O)c1ccc(Cl)cc1Cl)C(=O)NC(C)C)NC(=O)Nc1ccccc1. The third-order valence-electron chi connectivity index (χ3n) is 5.21. The molecule has 0 saturated carbocycles. The molecule has 2 aromatic carbocycles. The van der Waals surface area contributed by atoms with Crippen LogP contribution in [0.25, 0.3) is 0 Å². The molecular formula is C25H35Cl2N5O5S. The second kappa shape index (κ2) is 15.7. The van der Waals surface area contributed by atoms with Gasteiger partial charge < -0.3 is 25.6 Å². The van der Waals surface area contributed by atoms with Gasteiger partial charge in [0.25, 0.3) is 0 Å².